The zero-order chi connectivity index (χ0) is 14.5. The van der Waals surface area contributed by atoms with Crippen molar-refractivity contribution in [3.8, 4) is 0 Å². The highest BCUT2D eigenvalue weighted by Gasteiger charge is 2.31. The second-order valence-electron chi connectivity index (χ2n) is 4.88. The molecule has 2 amide bonds. The summed E-state index contributed by atoms with van der Waals surface area (Å²) in [7, 11) is 1.66. The van der Waals surface area contributed by atoms with E-state index in [1.807, 2.05) is 0 Å². The van der Waals surface area contributed by atoms with E-state index in [0.717, 1.165) is 6.42 Å². The fourth-order valence-corrected chi connectivity index (χ4v) is 2.47. The number of benzene rings is 1. The summed E-state index contributed by atoms with van der Waals surface area (Å²) in [5, 5.41) is 2.59. The van der Waals surface area contributed by atoms with E-state index in [9.17, 15) is 9.18 Å². The zero-order valence-corrected chi connectivity index (χ0v) is 11.5. The van der Waals surface area contributed by atoms with Crippen molar-refractivity contribution >= 4 is 11.7 Å². The number of rotatable bonds is 3. The molecular formula is C14H20FN3O2. The lowest BCUT2D eigenvalue weighted by molar-refractivity contribution is 0.0292. The molecule has 1 saturated heterocycles. The average Bonchev–Trinajstić information content (AvgIpc) is 2.48. The van der Waals surface area contributed by atoms with Crippen LogP contribution in [0.25, 0.3) is 0 Å². The summed E-state index contributed by atoms with van der Waals surface area (Å²) in [6, 6.07) is 5.70. The molecule has 5 nitrogen and oxygen atoms in total. The van der Waals surface area contributed by atoms with Gasteiger partial charge in [-0.1, -0.05) is 12.1 Å². The van der Waals surface area contributed by atoms with E-state index in [1.54, 1.807) is 24.1 Å². The summed E-state index contributed by atoms with van der Waals surface area (Å²) in [6.45, 7) is 0.922. The highest BCUT2D eigenvalue weighted by molar-refractivity contribution is 5.89. The van der Waals surface area contributed by atoms with Gasteiger partial charge in [-0.15, -0.1) is 0 Å². The first-order valence-corrected chi connectivity index (χ1v) is 6.70. The van der Waals surface area contributed by atoms with Crippen LogP contribution in [-0.4, -0.2) is 43.3 Å². The third kappa shape index (κ3) is 3.26. The Morgan fingerprint density at radius 3 is 2.95 bits per heavy atom. The van der Waals surface area contributed by atoms with Gasteiger partial charge in [0.15, 0.2) is 0 Å². The van der Waals surface area contributed by atoms with Gasteiger partial charge < -0.3 is 20.7 Å². The molecule has 1 fully saturated rings. The molecule has 1 aromatic carbocycles. The van der Waals surface area contributed by atoms with Gasteiger partial charge in [-0.2, -0.15) is 0 Å². The molecule has 1 aliphatic rings. The Morgan fingerprint density at radius 2 is 2.30 bits per heavy atom. The summed E-state index contributed by atoms with van der Waals surface area (Å²) < 4.78 is 18.8. The van der Waals surface area contributed by atoms with Gasteiger partial charge >= 0.3 is 6.03 Å². The lowest BCUT2D eigenvalue weighted by Crippen LogP contribution is -2.52. The molecular weight excluding hydrogens is 261 g/mol. The summed E-state index contributed by atoms with van der Waals surface area (Å²) in [5.41, 5.74) is 5.90. The summed E-state index contributed by atoms with van der Waals surface area (Å²) in [6.07, 6.45) is 1.59. The molecule has 110 valence electrons. The zero-order valence-electron chi connectivity index (χ0n) is 11.5. The number of hydrogen-bond donors (Lipinski definition) is 2. The third-order valence-corrected chi connectivity index (χ3v) is 3.65. The van der Waals surface area contributed by atoms with E-state index in [0.29, 0.717) is 19.5 Å². The van der Waals surface area contributed by atoms with Crippen LogP contribution >= 0.6 is 0 Å². The monoisotopic (exact) mass is 281 g/mol. The molecule has 0 radical (unpaired) electrons. The number of nitrogens with two attached hydrogens (primary N) is 1. The Bertz CT molecular complexity index is 469. The molecule has 0 spiro atoms. The number of nitrogens with one attached hydrogen (secondary N) is 1. The molecule has 2 unspecified atom stereocenters. The van der Waals surface area contributed by atoms with E-state index < -0.39 is 5.82 Å². The topological polar surface area (TPSA) is 67.6 Å². The van der Waals surface area contributed by atoms with Crippen LogP contribution in [-0.2, 0) is 4.74 Å². The van der Waals surface area contributed by atoms with Crippen molar-refractivity contribution in [1.82, 2.24) is 4.90 Å². The highest BCUT2D eigenvalue weighted by atomic mass is 19.1. The van der Waals surface area contributed by atoms with E-state index in [2.05, 4.69) is 5.32 Å². The fourth-order valence-electron chi connectivity index (χ4n) is 2.47. The van der Waals surface area contributed by atoms with E-state index in [4.69, 9.17) is 10.5 Å². The van der Waals surface area contributed by atoms with Gasteiger partial charge in [0.1, 0.15) is 5.82 Å². The lowest BCUT2D eigenvalue weighted by atomic mass is 10.00. The van der Waals surface area contributed by atoms with Crippen molar-refractivity contribution in [2.45, 2.75) is 25.0 Å². The molecule has 6 heteroatoms. The Labute approximate surface area is 117 Å². The fraction of sp³-hybridized carbons (Fsp3) is 0.500. The number of halogens is 1. The van der Waals surface area contributed by atoms with Crippen LogP contribution < -0.4 is 11.1 Å². The average molecular weight is 281 g/mol. The number of piperidine rings is 1. The predicted molar refractivity (Wildman–Crippen MR) is 75.0 cm³/mol. The minimum Gasteiger partial charge on any atom is -0.381 e. The Hall–Kier alpha value is -1.66. The van der Waals surface area contributed by atoms with Crippen LogP contribution in [0, 0.1) is 5.82 Å². The predicted octanol–water partition coefficient (Wildman–Crippen LogP) is 1.80. The van der Waals surface area contributed by atoms with Gasteiger partial charge in [-0.25, -0.2) is 9.18 Å². The second-order valence-corrected chi connectivity index (χ2v) is 4.88. The molecule has 2 atom stereocenters. The Kier molecular flexibility index (Phi) is 4.92. The molecule has 1 aromatic rings. The van der Waals surface area contributed by atoms with E-state index in [-0.39, 0.29) is 23.9 Å². The van der Waals surface area contributed by atoms with Gasteiger partial charge in [0, 0.05) is 26.2 Å². The van der Waals surface area contributed by atoms with Gasteiger partial charge in [0.25, 0.3) is 0 Å². The first-order valence-electron chi connectivity index (χ1n) is 6.70. The number of likely N-dealkylation sites (tertiary alicyclic amines) is 1. The molecule has 3 N–H and O–H groups in total. The summed E-state index contributed by atoms with van der Waals surface area (Å²) in [5.74, 6) is -0.447. The summed E-state index contributed by atoms with van der Waals surface area (Å²) in [4.78, 5) is 13.9. The molecule has 0 saturated carbocycles. The maximum atomic E-state index is 13.5. The molecule has 0 aliphatic carbocycles. The van der Waals surface area contributed by atoms with Crippen LogP contribution in [0.15, 0.2) is 24.3 Å². The Morgan fingerprint density at radius 1 is 1.55 bits per heavy atom. The van der Waals surface area contributed by atoms with Crippen LogP contribution in [0.4, 0.5) is 14.9 Å². The highest BCUT2D eigenvalue weighted by Crippen LogP contribution is 2.21. The lowest BCUT2D eigenvalue weighted by Gasteiger charge is -2.38. The number of amides is 2. The van der Waals surface area contributed by atoms with Crippen molar-refractivity contribution in [2.24, 2.45) is 5.73 Å². The molecule has 1 aliphatic heterocycles. The number of anilines is 1. The number of nitrogens with zero attached hydrogens (tertiary/aromatic N) is 1. The molecule has 2 rings (SSSR count). The quantitative estimate of drug-likeness (QED) is 0.887. The number of para-hydroxylation sites is 1. The van der Waals surface area contributed by atoms with Crippen LogP contribution in [0.5, 0.6) is 0 Å². The number of carbonyl (C=O) groups excluding carboxylic acids is 1. The SMILES string of the molecule is COC1CCN(C(=O)Nc2ccccc2F)C(CN)C1. The number of hydrogen-bond acceptors (Lipinski definition) is 3. The minimum absolute atomic E-state index is 0.0829. The van der Waals surface area contributed by atoms with Crippen molar-refractivity contribution in [3.63, 3.8) is 0 Å². The maximum Gasteiger partial charge on any atom is 0.322 e. The number of ether oxygens (including phenoxy) is 1. The van der Waals surface area contributed by atoms with Gasteiger partial charge in [-0.05, 0) is 25.0 Å². The standard InChI is InChI=1S/C14H20FN3O2/c1-20-11-6-7-18(10(8-11)9-16)14(19)17-13-5-3-2-4-12(13)15/h2-5,10-11H,6-9,16H2,1H3,(H,17,19). The van der Waals surface area contributed by atoms with Crippen molar-refractivity contribution < 1.29 is 13.9 Å². The smallest absolute Gasteiger partial charge is 0.322 e. The largest absolute Gasteiger partial charge is 0.381 e. The maximum absolute atomic E-state index is 13.5. The summed E-state index contributed by atoms with van der Waals surface area (Å²) >= 11 is 0. The number of urea groups is 1. The number of carbonyl (C=O) groups is 1. The van der Waals surface area contributed by atoms with Gasteiger partial charge in [0.2, 0.25) is 0 Å². The Balaban J connectivity index is 2.03. The molecule has 1 heterocycles. The normalized spacial score (nSPS) is 22.6. The number of methoxy groups -OCH3 is 1. The van der Waals surface area contributed by atoms with Gasteiger partial charge in [-0.3, -0.25) is 0 Å². The van der Waals surface area contributed by atoms with Gasteiger partial charge in [0.05, 0.1) is 11.8 Å². The van der Waals surface area contributed by atoms with Crippen molar-refractivity contribution in [3.05, 3.63) is 30.1 Å². The second kappa shape index (κ2) is 6.67. The molecule has 20 heavy (non-hydrogen) atoms. The minimum atomic E-state index is -0.447. The molecule has 0 aromatic heterocycles. The van der Waals surface area contributed by atoms with Crippen LogP contribution in [0.3, 0.4) is 0 Å². The van der Waals surface area contributed by atoms with E-state index >= 15 is 0 Å². The third-order valence-electron chi connectivity index (χ3n) is 3.65. The molecule has 0 bridgehead atoms. The van der Waals surface area contributed by atoms with Crippen LogP contribution in [0.2, 0.25) is 0 Å². The first-order chi connectivity index (χ1) is 9.65. The van der Waals surface area contributed by atoms with Crippen molar-refractivity contribution in [2.75, 3.05) is 25.5 Å². The first kappa shape index (κ1) is 14.7. The van der Waals surface area contributed by atoms with Crippen molar-refractivity contribution in [1.29, 1.82) is 0 Å². The van der Waals surface area contributed by atoms with Crippen LogP contribution in [0.1, 0.15) is 12.8 Å². The van der Waals surface area contributed by atoms with E-state index in [1.165, 1.54) is 12.1 Å².